The van der Waals surface area contributed by atoms with E-state index in [2.05, 4.69) is 0 Å². The fourth-order valence-electron chi connectivity index (χ4n) is 1.61. The first kappa shape index (κ1) is 10.8. The molecule has 0 heterocycles. The van der Waals surface area contributed by atoms with Crippen molar-refractivity contribution in [2.24, 2.45) is 0 Å². The molecule has 0 saturated heterocycles. The van der Waals surface area contributed by atoms with Gasteiger partial charge in [0, 0.05) is 15.8 Å². The fourth-order valence-corrected chi connectivity index (χ4v) is 1.84. The van der Waals surface area contributed by atoms with Crippen LogP contribution in [0.4, 0.5) is 0 Å². The monoisotopic (exact) mass is 236 g/mol. The van der Waals surface area contributed by atoms with Crippen LogP contribution in [0, 0.1) is 0 Å². The topological polar surface area (TPSA) is 46.5 Å². The Hall–Kier alpha value is -1.74. The SMILES string of the molecule is COc1cc(C(=O)O)cc2c(Cl)cccc12. The Labute approximate surface area is 97.2 Å². The molecule has 0 spiro atoms. The van der Waals surface area contributed by atoms with Crippen LogP contribution in [0.1, 0.15) is 10.4 Å². The molecule has 2 rings (SSSR count). The van der Waals surface area contributed by atoms with Crippen LogP contribution in [-0.2, 0) is 0 Å². The summed E-state index contributed by atoms with van der Waals surface area (Å²) in [6.07, 6.45) is 0. The van der Waals surface area contributed by atoms with Crippen LogP contribution in [0.2, 0.25) is 5.02 Å². The number of ether oxygens (including phenoxy) is 1. The molecule has 0 fully saturated rings. The molecule has 0 aromatic heterocycles. The van der Waals surface area contributed by atoms with E-state index in [0.29, 0.717) is 16.2 Å². The molecule has 0 aliphatic rings. The van der Waals surface area contributed by atoms with E-state index in [-0.39, 0.29) is 5.56 Å². The second-order valence-corrected chi connectivity index (χ2v) is 3.73. The Morgan fingerprint density at radius 1 is 1.31 bits per heavy atom. The summed E-state index contributed by atoms with van der Waals surface area (Å²) in [6.45, 7) is 0. The summed E-state index contributed by atoms with van der Waals surface area (Å²) in [4.78, 5) is 10.9. The van der Waals surface area contributed by atoms with Crippen molar-refractivity contribution in [2.75, 3.05) is 7.11 Å². The molecule has 0 aliphatic heterocycles. The van der Waals surface area contributed by atoms with Crippen molar-refractivity contribution >= 4 is 28.3 Å². The van der Waals surface area contributed by atoms with Gasteiger partial charge in [0.05, 0.1) is 12.7 Å². The van der Waals surface area contributed by atoms with Gasteiger partial charge in [-0.05, 0) is 18.2 Å². The Morgan fingerprint density at radius 3 is 2.69 bits per heavy atom. The van der Waals surface area contributed by atoms with Crippen molar-refractivity contribution in [2.45, 2.75) is 0 Å². The first-order valence-electron chi connectivity index (χ1n) is 4.63. The Bertz CT molecular complexity index is 563. The van der Waals surface area contributed by atoms with E-state index in [9.17, 15) is 4.79 Å². The molecule has 0 unspecified atom stereocenters. The fraction of sp³-hybridized carbons (Fsp3) is 0.0833. The lowest BCUT2D eigenvalue weighted by molar-refractivity contribution is 0.0696. The number of aromatic carboxylic acids is 1. The van der Waals surface area contributed by atoms with Gasteiger partial charge in [-0.25, -0.2) is 4.79 Å². The Balaban J connectivity index is 2.84. The normalized spacial score (nSPS) is 10.4. The van der Waals surface area contributed by atoms with Crippen LogP contribution in [0.15, 0.2) is 30.3 Å². The summed E-state index contributed by atoms with van der Waals surface area (Å²) in [7, 11) is 1.50. The van der Waals surface area contributed by atoms with Crippen LogP contribution in [0.25, 0.3) is 10.8 Å². The van der Waals surface area contributed by atoms with Gasteiger partial charge in [0.25, 0.3) is 0 Å². The second kappa shape index (κ2) is 4.02. The van der Waals surface area contributed by atoms with Gasteiger partial charge in [-0.3, -0.25) is 0 Å². The van der Waals surface area contributed by atoms with Crippen LogP contribution >= 0.6 is 11.6 Å². The minimum absolute atomic E-state index is 0.164. The van der Waals surface area contributed by atoms with Gasteiger partial charge in [0.1, 0.15) is 5.75 Å². The van der Waals surface area contributed by atoms with E-state index < -0.39 is 5.97 Å². The maximum Gasteiger partial charge on any atom is 0.335 e. The number of fused-ring (bicyclic) bond motifs is 1. The molecule has 0 radical (unpaired) electrons. The zero-order valence-electron chi connectivity index (χ0n) is 8.53. The molecule has 1 N–H and O–H groups in total. The van der Waals surface area contributed by atoms with Crippen molar-refractivity contribution in [1.82, 2.24) is 0 Å². The zero-order valence-corrected chi connectivity index (χ0v) is 9.28. The van der Waals surface area contributed by atoms with Gasteiger partial charge in [0.2, 0.25) is 0 Å². The molecule has 2 aromatic rings. The minimum atomic E-state index is -1.000. The molecule has 3 nitrogen and oxygen atoms in total. The van der Waals surface area contributed by atoms with E-state index in [0.717, 1.165) is 5.39 Å². The van der Waals surface area contributed by atoms with Gasteiger partial charge in [-0.15, -0.1) is 0 Å². The van der Waals surface area contributed by atoms with Crippen molar-refractivity contribution in [3.63, 3.8) is 0 Å². The number of carboxylic acid groups (broad SMARTS) is 1. The molecule has 0 amide bonds. The van der Waals surface area contributed by atoms with Gasteiger partial charge in [-0.1, -0.05) is 23.7 Å². The highest BCUT2D eigenvalue weighted by Gasteiger charge is 2.10. The third kappa shape index (κ3) is 1.70. The molecular weight excluding hydrogens is 228 g/mol. The van der Waals surface area contributed by atoms with Crippen molar-refractivity contribution in [1.29, 1.82) is 0 Å². The standard InChI is InChI=1S/C12H9ClO3/c1-16-11-6-7(12(14)15)5-9-8(11)3-2-4-10(9)13/h2-6H,1H3,(H,14,15). The highest BCUT2D eigenvalue weighted by Crippen LogP contribution is 2.32. The number of benzene rings is 2. The predicted octanol–water partition coefficient (Wildman–Crippen LogP) is 3.20. The molecule has 82 valence electrons. The molecule has 2 aromatic carbocycles. The van der Waals surface area contributed by atoms with Gasteiger partial charge < -0.3 is 9.84 Å². The average Bonchev–Trinajstić information content (AvgIpc) is 2.28. The summed E-state index contributed by atoms with van der Waals surface area (Å²) in [5, 5.41) is 11.0. The number of hydrogen-bond donors (Lipinski definition) is 1. The summed E-state index contributed by atoms with van der Waals surface area (Å²) in [6, 6.07) is 8.39. The number of hydrogen-bond acceptors (Lipinski definition) is 2. The molecule has 0 atom stereocenters. The van der Waals surface area contributed by atoms with Gasteiger partial charge >= 0.3 is 5.97 Å². The highest BCUT2D eigenvalue weighted by atomic mass is 35.5. The Morgan fingerprint density at radius 2 is 2.06 bits per heavy atom. The van der Waals surface area contributed by atoms with Crippen molar-refractivity contribution in [3.05, 3.63) is 40.9 Å². The first-order chi connectivity index (χ1) is 7.63. The van der Waals surface area contributed by atoms with Crippen LogP contribution in [0.5, 0.6) is 5.75 Å². The lowest BCUT2D eigenvalue weighted by atomic mass is 10.1. The molecule has 0 bridgehead atoms. The van der Waals surface area contributed by atoms with E-state index in [1.807, 2.05) is 6.07 Å². The summed E-state index contributed by atoms with van der Waals surface area (Å²) >= 11 is 6.01. The molecule has 4 heteroatoms. The number of rotatable bonds is 2. The van der Waals surface area contributed by atoms with Crippen molar-refractivity contribution in [3.8, 4) is 5.75 Å². The van der Waals surface area contributed by atoms with Crippen LogP contribution < -0.4 is 4.74 Å². The van der Waals surface area contributed by atoms with Crippen LogP contribution in [0.3, 0.4) is 0 Å². The first-order valence-corrected chi connectivity index (χ1v) is 5.01. The highest BCUT2D eigenvalue weighted by molar-refractivity contribution is 6.35. The number of halogens is 1. The van der Waals surface area contributed by atoms with Crippen LogP contribution in [-0.4, -0.2) is 18.2 Å². The summed E-state index contributed by atoms with van der Waals surface area (Å²) in [5.74, 6) is -0.488. The van der Waals surface area contributed by atoms with Gasteiger partial charge in [0.15, 0.2) is 0 Å². The van der Waals surface area contributed by atoms with E-state index in [4.69, 9.17) is 21.4 Å². The maximum atomic E-state index is 10.9. The summed E-state index contributed by atoms with van der Waals surface area (Å²) in [5.41, 5.74) is 0.164. The predicted molar refractivity (Wildman–Crippen MR) is 62.5 cm³/mol. The lowest BCUT2D eigenvalue weighted by Crippen LogP contribution is -1.97. The van der Waals surface area contributed by atoms with E-state index in [1.54, 1.807) is 18.2 Å². The third-order valence-electron chi connectivity index (χ3n) is 2.37. The maximum absolute atomic E-state index is 10.9. The van der Waals surface area contributed by atoms with Crippen molar-refractivity contribution < 1.29 is 14.6 Å². The quantitative estimate of drug-likeness (QED) is 0.871. The van der Waals surface area contributed by atoms with Gasteiger partial charge in [-0.2, -0.15) is 0 Å². The smallest absolute Gasteiger partial charge is 0.335 e. The lowest BCUT2D eigenvalue weighted by Gasteiger charge is -2.08. The largest absolute Gasteiger partial charge is 0.496 e. The molecular formula is C12H9ClO3. The number of carboxylic acids is 1. The van der Waals surface area contributed by atoms with E-state index >= 15 is 0 Å². The third-order valence-corrected chi connectivity index (χ3v) is 2.70. The zero-order chi connectivity index (χ0) is 11.7. The number of methoxy groups -OCH3 is 1. The minimum Gasteiger partial charge on any atom is -0.496 e. The number of carbonyl (C=O) groups is 1. The second-order valence-electron chi connectivity index (χ2n) is 3.32. The Kier molecular flexibility index (Phi) is 2.71. The molecule has 0 aliphatic carbocycles. The van der Waals surface area contributed by atoms with E-state index in [1.165, 1.54) is 13.2 Å². The average molecular weight is 237 g/mol. The molecule has 0 saturated carbocycles. The summed E-state index contributed by atoms with van der Waals surface area (Å²) < 4.78 is 5.15. The molecule has 16 heavy (non-hydrogen) atoms.